The summed E-state index contributed by atoms with van der Waals surface area (Å²) >= 11 is 0. The Labute approximate surface area is 181 Å². The molecule has 162 valence electrons. The molecule has 2 fully saturated rings. The van der Waals surface area contributed by atoms with Gasteiger partial charge in [-0.1, -0.05) is 12.1 Å². The Morgan fingerprint density at radius 3 is 2.71 bits per heavy atom. The van der Waals surface area contributed by atoms with Gasteiger partial charge in [0.15, 0.2) is 5.82 Å². The van der Waals surface area contributed by atoms with E-state index in [9.17, 15) is 4.39 Å². The van der Waals surface area contributed by atoms with Crippen LogP contribution in [-0.4, -0.2) is 67.1 Å². The van der Waals surface area contributed by atoms with Gasteiger partial charge in [-0.3, -0.25) is 4.98 Å². The van der Waals surface area contributed by atoms with E-state index in [1.54, 1.807) is 12.4 Å². The molecule has 0 saturated carbocycles. The fraction of sp³-hybridized carbons (Fsp3) is 0.435. The summed E-state index contributed by atoms with van der Waals surface area (Å²) < 4.78 is 19.2. The number of hydrogen-bond acceptors (Lipinski definition) is 7. The number of halogens is 1. The van der Waals surface area contributed by atoms with Crippen LogP contribution >= 0.6 is 0 Å². The lowest BCUT2D eigenvalue weighted by Crippen LogP contribution is -2.40. The number of piperidine rings is 1. The van der Waals surface area contributed by atoms with Gasteiger partial charge in [-0.05, 0) is 37.1 Å². The van der Waals surface area contributed by atoms with Crippen LogP contribution in [0.1, 0.15) is 6.42 Å². The average molecular weight is 423 g/mol. The molecule has 3 aromatic rings. The van der Waals surface area contributed by atoms with Crippen molar-refractivity contribution in [1.82, 2.24) is 20.3 Å². The summed E-state index contributed by atoms with van der Waals surface area (Å²) in [5.41, 5.74) is 4.58. The van der Waals surface area contributed by atoms with Crippen LogP contribution in [0.25, 0.3) is 22.3 Å². The standard InChI is InChI=1S/C23H27FN6O/c24-18-11-16(13-25-15-18)14-28-23-22-21(26-5-6-27-22)12-20(29-23)17-1-3-19(4-2-17)30-7-9-31-10-8-30/h1-6,12,16,18,25H,7-11,13-15H2,(H,28,29). The maximum absolute atomic E-state index is 13.7. The summed E-state index contributed by atoms with van der Waals surface area (Å²) in [5.74, 6) is 0.910. The van der Waals surface area contributed by atoms with E-state index in [1.165, 1.54) is 5.69 Å². The van der Waals surface area contributed by atoms with E-state index in [1.807, 2.05) is 6.07 Å². The second-order valence-corrected chi connectivity index (χ2v) is 8.16. The number of alkyl halides is 1. The van der Waals surface area contributed by atoms with Crippen molar-refractivity contribution in [2.45, 2.75) is 12.6 Å². The first-order valence-corrected chi connectivity index (χ1v) is 10.9. The smallest absolute Gasteiger partial charge is 0.154 e. The predicted octanol–water partition coefficient (Wildman–Crippen LogP) is 2.89. The minimum atomic E-state index is -0.790. The van der Waals surface area contributed by atoms with Gasteiger partial charge in [0, 0.05) is 49.8 Å². The predicted molar refractivity (Wildman–Crippen MR) is 120 cm³/mol. The Bertz CT molecular complexity index is 1020. The van der Waals surface area contributed by atoms with Gasteiger partial charge in [-0.15, -0.1) is 0 Å². The average Bonchev–Trinajstić information content (AvgIpc) is 2.83. The van der Waals surface area contributed by atoms with Crippen molar-refractivity contribution in [3.63, 3.8) is 0 Å². The summed E-state index contributed by atoms with van der Waals surface area (Å²) in [6, 6.07) is 10.4. The molecular formula is C23H27FN6O. The van der Waals surface area contributed by atoms with Crippen molar-refractivity contribution in [2.24, 2.45) is 5.92 Å². The lowest BCUT2D eigenvalue weighted by atomic mass is 9.98. The lowest BCUT2D eigenvalue weighted by molar-refractivity contribution is 0.122. The number of morpholine rings is 1. The number of pyridine rings is 1. The van der Waals surface area contributed by atoms with Crippen LogP contribution in [0.2, 0.25) is 0 Å². The van der Waals surface area contributed by atoms with E-state index in [0.29, 0.717) is 25.3 Å². The number of nitrogens with zero attached hydrogens (tertiary/aromatic N) is 4. The molecular weight excluding hydrogens is 395 g/mol. The van der Waals surface area contributed by atoms with Crippen molar-refractivity contribution in [3.05, 3.63) is 42.7 Å². The highest BCUT2D eigenvalue weighted by Gasteiger charge is 2.21. The Balaban J connectivity index is 1.39. The molecule has 0 amide bonds. The second kappa shape index (κ2) is 9.11. The van der Waals surface area contributed by atoms with Crippen LogP contribution in [0.5, 0.6) is 0 Å². The van der Waals surface area contributed by atoms with Gasteiger partial charge in [0.05, 0.1) is 24.4 Å². The zero-order valence-corrected chi connectivity index (χ0v) is 17.4. The van der Waals surface area contributed by atoms with Crippen LogP contribution in [-0.2, 0) is 4.74 Å². The van der Waals surface area contributed by atoms with E-state index in [4.69, 9.17) is 9.72 Å². The fourth-order valence-corrected chi connectivity index (χ4v) is 4.28. The van der Waals surface area contributed by atoms with Gasteiger partial charge in [0.1, 0.15) is 11.7 Å². The third-order valence-electron chi connectivity index (χ3n) is 5.94. The molecule has 0 bridgehead atoms. The zero-order valence-electron chi connectivity index (χ0n) is 17.4. The summed E-state index contributed by atoms with van der Waals surface area (Å²) in [6.45, 7) is 5.24. The Morgan fingerprint density at radius 1 is 1.10 bits per heavy atom. The topological polar surface area (TPSA) is 75.2 Å². The van der Waals surface area contributed by atoms with Crippen molar-refractivity contribution in [3.8, 4) is 11.3 Å². The molecule has 2 aromatic heterocycles. The van der Waals surface area contributed by atoms with Crippen LogP contribution in [0.15, 0.2) is 42.7 Å². The molecule has 4 heterocycles. The van der Waals surface area contributed by atoms with Crippen molar-refractivity contribution in [1.29, 1.82) is 0 Å². The molecule has 1 aromatic carbocycles. The molecule has 2 N–H and O–H groups in total. The van der Waals surface area contributed by atoms with Gasteiger partial charge in [0.25, 0.3) is 0 Å². The minimum absolute atomic E-state index is 0.216. The first kappa shape index (κ1) is 20.1. The SMILES string of the molecule is FC1CNCC(CNc2nc(-c3ccc(N4CCOCC4)cc3)cc3nccnc23)C1. The molecule has 31 heavy (non-hydrogen) atoms. The number of ether oxygens (including phenoxy) is 1. The number of rotatable bonds is 5. The molecule has 7 nitrogen and oxygen atoms in total. The molecule has 2 saturated heterocycles. The number of fused-ring (bicyclic) bond motifs is 1. The number of anilines is 2. The molecule has 8 heteroatoms. The zero-order chi connectivity index (χ0) is 21.0. The summed E-state index contributed by atoms with van der Waals surface area (Å²) in [6.07, 6.45) is 3.13. The number of hydrogen-bond donors (Lipinski definition) is 2. The molecule has 0 spiro atoms. The van der Waals surface area contributed by atoms with E-state index < -0.39 is 6.17 Å². The van der Waals surface area contributed by atoms with Crippen LogP contribution in [0.4, 0.5) is 15.9 Å². The molecule has 2 unspecified atom stereocenters. The second-order valence-electron chi connectivity index (χ2n) is 8.16. The van der Waals surface area contributed by atoms with Gasteiger partial charge < -0.3 is 20.3 Å². The minimum Gasteiger partial charge on any atom is -0.378 e. The van der Waals surface area contributed by atoms with Gasteiger partial charge in [-0.25, -0.2) is 14.4 Å². The van der Waals surface area contributed by atoms with Crippen LogP contribution < -0.4 is 15.5 Å². The van der Waals surface area contributed by atoms with Crippen molar-refractivity contribution < 1.29 is 9.13 Å². The Morgan fingerprint density at radius 2 is 1.90 bits per heavy atom. The fourth-order valence-electron chi connectivity index (χ4n) is 4.28. The Hall–Kier alpha value is -2.84. The van der Waals surface area contributed by atoms with E-state index in [-0.39, 0.29) is 5.92 Å². The lowest BCUT2D eigenvalue weighted by Gasteiger charge is -2.28. The largest absolute Gasteiger partial charge is 0.378 e. The van der Waals surface area contributed by atoms with Crippen molar-refractivity contribution in [2.75, 3.05) is 56.2 Å². The normalized spacial score (nSPS) is 21.9. The van der Waals surface area contributed by atoms with Crippen LogP contribution in [0.3, 0.4) is 0 Å². The summed E-state index contributed by atoms with van der Waals surface area (Å²) in [7, 11) is 0. The van der Waals surface area contributed by atoms with Gasteiger partial charge in [0.2, 0.25) is 0 Å². The summed E-state index contributed by atoms with van der Waals surface area (Å²) in [5, 5.41) is 6.56. The molecule has 5 rings (SSSR count). The monoisotopic (exact) mass is 422 g/mol. The van der Waals surface area contributed by atoms with Crippen molar-refractivity contribution >= 4 is 22.5 Å². The number of nitrogens with one attached hydrogen (secondary N) is 2. The molecule has 2 aliphatic rings. The molecule has 0 aliphatic carbocycles. The highest BCUT2D eigenvalue weighted by atomic mass is 19.1. The molecule has 2 atom stereocenters. The third-order valence-corrected chi connectivity index (χ3v) is 5.94. The first-order valence-electron chi connectivity index (χ1n) is 10.9. The number of benzene rings is 1. The molecule has 2 aliphatic heterocycles. The molecule has 0 radical (unpaired) electrons. The first-order chi connectivity index (χ1) is 15.3. The van der Waals surface area contributed by atoms with Gasteiger partial charge >= 0.3 is 0 Å². The number of aromatic nitrogens is 3. The van der Waals surface area contributed by atoms with Crippen LogP contribution in [0, 0.1) is 5.92 Å². The Kier molecular flexibility index (Phi) is 5.90. The maximum atomic E-state index is 13.7. The third kappa shape index (κ3) is 4.60. The van der Waals surface area contributed by atoms with E-state index in [2.05, 4.69) is 49.8 Å². The van der Waals surface area contributed by atoms with E-state index >= 15 is 0 Å². The highest BCUT2D eigenvalue weighted by Crippen LogP contribution is 2.28. The van der Waals surface area contributed by atoms with Gasteiger partial charge in [-0.2, -0.15) is 0 Å². The summed E-state index contributed by atoms with van der Waals surface area (Å²) in [4.78, 5) is 16.1. The maximum Gasteiger partial charge on any atom is 0.154 e. The van der Waals surface area contributed by atoms with E-state index in [0.717, 1.165) is 55.1 Å². The highest BCUT2D eigenvalue weighted by molar-refractivity contribution is 5.88. The quantitative estimate of drug-likeness (QED) is 0.655.